The topological polar surface area (TPSA) is 159 Å². The minimum absolute atomic E-state index is 0.00717. The standard InChI is InChI=1S/C34H48N6O6S/c1-4-23(2)31(35)33(42)46-26-14-18-39(19-15-26)32(41)24-9-11-25(12-10-24)37-34-36-17-13-30(38-34)40-20-16-27-28(40)7-5-8-29(27)45-21-6-22-47(3,43)44/h5,7-8,13,16-17,20,23-26,31H,4,6,9-12,14-15,18-19,21-22,35H2,1-3H3,(H,36,37,38)/t23-,24-,25-,31-/m1/s1. The number of likely N-dealkylation sites (tertiary alicyclic amines) is 1. The van der Waals surface area contributed by atoms with E-state index >= 15 is 0 Å². The Morgan fingerprint density at radius 3 is 2.53 bits per heavy atom. The summed E-state index contributed by atoms with van der Waals surface area (Å²) < 4.78 is 36.4. The lowest BCUT2D eigenvalue weighted by atomic mass is 9.85. The quantitative estimate of drug-likeness (QED) is 0.201. The zero-order valence-electron chi connectivity index (χ0n) is 27.6. The first kappa shape index (κ1) is 34.6. The Kier molecular flexibility index (Phi) is 11.4. The molecule has 47 heavy (non-hydrogen) atoms. The second-order valence-corrected chi connectivity index (χ2v) is 15.3. The Balaban J connectivity index is 1.10. The molecule has 0 unspecified atom stereocenters. The molecule has 12 nitrogen and oxygen atoms in total. The number of amides is 1. The largest absolute Gasteiger partial charge is 0.493 e. The molecule has 1 amide bonds. The highest BCUT2D eigenvalue weighted by Gasteiger charge is 2.33. The molecule has 3 aromatic rings. The van der Waals surface area contributed by atoms with E-state index in [0.29, 0.717) is 56.5 Å². The predicted octanol–water partition coefficient (Wildman–Crippen LogP) is 4.11. The van der Waals surface area contributed by atoms with Gasteiger partial charge in [0.2, 0.25) is 11.9 Å². The molecule has 13 heteroatoms. The first-order valence-electron chi connectivity index (χ1n) is 16.8. The van der Waals surface area contributed by atoms with Crippen LogP contribution in [0.25, 0.3) is 16.7 Å². The number of esters is 1. The molecule has 3 N–H and O–H groups in total. The number of piperidine rings is 1. The predicted molar refractivity (Wildman–Crippen MR) is 181 cm³/mol. The monoisotopic (exact) mass is 668 g/mol. The third-order valence-corrected chi connectivity index (χ3v) is 10.5. The minimum Gasteiger partial charge on any atom is -0.493 e. The first-order chi connectivity index (χ1) is 22.5. The van der Waals surface area contributed by atoms with E-state index in [1.165, 1.54) is 6.26 Å². The van der Waals surface area contributed by atoms with Gasteiger partial charge >= 0.3 is 5.97 Å². The summed E-state index contributed by atoms with van der Waals surface area (Å²) in [6.07, 6.45) is 10.5. The fourth-order valence-corrected chi connectivity index (χ4v) is 7.01. The highest BCUT2D eigenvalue weighted by atomic mass is 32.2. The number of anilines is 1. The van der Waals surface area contributed by atoms with Crippen molar-refractivity contribution in [1.29, 1.82) is 0 Å². The Labute approximate surface area is 277 Å². The average molecular weight is 669 g/mol. The summed E-state index contributed by atoms with van der Waals surface area (Å²) in [6.45, 7) is 5.47. The van der Waals surface area contributed by atoms with E-state index in [2.05, 4.69) is 10.3 Å². The summed E-state index contributed by atoms with van der Waals surface area (Å²) >= 11 is 0. The molecule has 2 fully saturated rings. The maximum atomic E-state index is 13.3. The smallest absolute Gasteiger partial charge is 0.323 e. The third kappa shape index (κ3) is 9.01. The zero-order valence-corrected chi connectivity index (χ0v) is 28.5. The molecule has 2 aromatic heterocycles. The molecule has 2 atom stereocenters. The second kappa shape index (κ2) is 15.5. The Hall–Kier alpha value is -3.71. The number of sulfone groups is 1. The molecule has 0 spiro atoms. The van der Waals surface area contributed by atoms with Crippen LogP contribution < -0.4 is 15.8 Å². The zero-order chi connectivity index (χ0) is 33.6. The third-order valence-electron chi connectivity index (χ3n) is 9.47. The molecule has 0 radical (unpaired) electrons. The van der Waals surface area contributed by atoms with E-state index in [1.807, 2.05) is 59.8 Å². The highest BCUT2D eigenvalue weighted by Crippen LogP contribution is 2.31. The lowest BCUT2D eigenvalue weighted by molar-refractivity contribution is -0.155. The number of hydrogen-bond acceptors (Lipinski definition) is 10. The molecule has 2 aliphatic rings. The van der Waals surface area contributed by atoms with Gasteiger partial charge in [-0.3, -0.25) is 9.59 Å². The van der Waals surface area contributed by atoms with Crippen molar-refractivity contribution >= 4 is 38.6 Å². The number of carbonyl (C=O) groups is 2. The number of nitrogens with two attached hydrogens (primary N) is 1. The molecule has 1 aliphatic carbocycles. The number of rotatable bonds is 13. The van der Waals surface area contributed by atoms with Gasteiger partial charge in [0.25, 0.3) is 0 Å². The van der Waals surface area contributed by atoms with Crippen molar-refractivity contribution in [2.24, 2.45) is 17.6 Å². The number of hydrogen-bond donors (Lipinski definition) is 2. The number of aromatic nitrogens is 3. The summed E-state index contributed by atoms with van der Waals surface area (Å²) in [6, 6.07) is 9.16. The number of carbonyl (C=O) groups excluding carboxylic acids is 2. The molecule has 0 bridgehead atoms. The van der Waals surface area contributed by atoms with Crippen molar-refractivity contribution in [1.82, 2.24) is 19.4 Å². The highest BCUT2D eigenvalue weighted by molar-refractivity contribution is 7.90. The van der Waals surface area contributed by atoms with Crippen LogP contribution >= 0.6 is 0 Å². The lowest BCUT2D eigenvalue weighted by Crippen LogP contribution is -2.46. The molecule has 1 aliphatic heterocycles. The lowest BCUT2D eigenvalue weighted by Gasteiger charge is -2.36. The number of benzene rings is 1. The number of nitrogens with one attached hydrogen (secondary N) is 1. The van der Waals surface area contributed by atoms with Crippen LogP contribution in [0.1, 0.15) is 65.2 Å². The van der Waals surface area contributed by atoms with Crippen LogP contribution in [0.4, 0.5) is 5.95 Å². The van der Waals surface area contributed by atoms with Gasteiger partial charge in [-0.1, -0.05) is 26.3 Å². The van der Waals surface area contributed by atoms with Gasteiger partial charge in [0.15, 0.2) is 0 Å². The van der Waals surface area contributed by atoms with E-state index in [-0.39, 0.29) is 41.6 Å². The number of nitrogens with zero attached hydrogens (tertiary/aromatic N) is 4. The van der Waals surface area contributed by atoms with Crippen LogP contribution in [0.15, 0.2) is 42.7 Å². The Bertz CT molecular complexity index is 1630. The SMILES string of the molecule is CC[C@@H](C)[C@@H](N)C(=O)OC1CCN(C(=O)[C@H]2CC[C@H](Nc3nccc(-n4ccc5c(OCCCS(C)(=O)=O)cccc54)n3)CC2)CC1. The van der Waals surface area contributed by atoms with Crippen molar-refractivity contribution in [2.45, 2.75) is 83.4 Å². The number of ether oxygens (including phenoxy) is 2. The van der Waals surface area contributed by atoms with Crippen molar-refractivity contribution in [3.63, 3.8) is 0 Å². The van der Waals surface area contributed by atoms with Crippen molar-refractivity contribution in [3.05, 3.63) is 42.7 Å². The van der Waals surface area contributed by atoms with Crippen LogP contribution in [0.5, 0.6) is 5.75 Å². The summed E-state index contributed by atoms with van der Waals surface area (Å²) in [5, 5.41) is 4.40. The van der Waals surface area contributed by atoms with Crippen molar-refractivity contribution < 1.29 is 27.5 Å². The van der Waals surface area contributed by atoms with Gasteiger partial charge < -0.3 is 30.0 Å². The average Bonchev–Trinajstić information content (AvgIpc) is 3.51. The summed E-state index contributed by atoms with van der Waals surface area (Å²) in [5.41, 5.74) is 6.95. The molecule has 5 rings (SSSR count). The van der Waals surface area contributed by atoms with E-state index in [9.17, 15) is 18.0 Å². The molecule has 256 valence electrons. The molecular formula is C34H48N6O6S. The van der Waals surface area contributed by atoms with Gasteiger partial charge in [0.1, 0.15) is 33.6 Å². The maximum absolute atomic E-state index is 13.3. The van der Waals surface area contributed by atoms with Gasteiger partial charge in [-0.15, -0.1) is 0 Å². The normalized spacial score (nSPS) is 20.5. The Morgan fingerprint density at radius 2 is 1.83 bits per heavy atom. The van der Waals surface area contributed by atoms with Crippen LogP contribution in [0.2, 0.25) is 0 Å². The fourth-order valence-electron chi connectivity index (χ4n) is 6.37. The van der Waals surface area contributed by atoms with Gasteiger partial charge in [-0.05, 0) is 62.3 Å². The molecule has 1 aromatic carbocycles. The van der Waals surface area contributed by atoms with E-state index in [4.69, 9.17) is 20.2 Å². The summed E-state index contributed by atoms with van der Waals surface area (Å²) in [4.78, 5) is 36.9. The first-order valence-corrected chi connectivity index (χ1v) is 18.8. The molecular weight excluding hydrogens is 620 g/mol. The Morgan fingerprint density at radius 1 is 1.09 bits per heavy atom. The van der Waals surface area contributed by atoms with Crippen molar-refractivity contribution in [3.8, 4) is 11.6 Å². The van der Waals surface area contributed by atoms with E-state index in [0.717, 1.165) is 43.0 Å². The molecule has 1 saturated carbocycles. The minimum atomic E-state index is -3.03. The van der Waals surface area contributed by atoms with Gasteiger partial charge in [-0.25, -0.2) is 13.4 Å². The van der Waals surface area contributed by atoms with Crippen LogP contribution in [-0.2, 0) is 24.2 Å². The van der Waals surface area contributed by atoms with Gasteiger partial charge in [-0.2, -0.15) is 4.98 Å². The summed E-state index contributed by atoms with van der Waals surface area (Å²) in [7, 11) is -3.03. The summed E-state index contributed by atoms with van der Waals surface area (Å²) in [5.74, 6) is 1.96. The van der Waals surface area contributed by atoms with Crippen molar-refractivity contribution in [2.75, 3.05) is 37.0 Å². The van der Waals surface area contributed by atoms with Gasteiger partial charge in [0, 0.05) is 61.9 Å². The number of fused-ring (bicyclic) bond motifs is 1. The van der Waals surface area contributed by atoms with Gasteiger partial charge in [0.05, 0.1) is 17.9 Å². The van der Waals surface area contributed by atoms with Crippen LogP contribution in [0.3, 0.4) is 0 Å². The van der Waals surface area contributed by atoms with Crippen LogP contribution in [-0.4, -0.2) is 89.6 Å². The second-order valence-electron chi connectivity index (χ2n) is 13.0. The fraction of sp³-hybridized carbons (Fsp3) is 0.588. The molecule has 3 heterocycles. The van der Waals surface area contributed by atoms with Crippen LogP contribution in [0, 0.1) is 11.8 Å². The molecule has 1 saturated heterocycles. The van der Waals surface area contributed by atoms with E-state index in [1.54, 1.807) is 6.20 Å². The maximum Gasteiger partial charge on any atom is 0.323 e. The van der Waals surface area contributed by atoms with E-state index < -0.39 is 15.9 Å².